The standard InChI is InChI=1S/C14H19NO/c15-14(16)13-8-6-12(7-9-13)10-11-4-2-1-3-5-11/h1-5,12-13H,6-10H2,(H2,15,16). The van der Waals surface area contributed by atoms with Crippen LogP contribution in [0, 0.1) is 11.8 Å². The Morgan fingerprint density at radius 3 is 2.31 bits per heavy atom. The van der Waals surface area contributed by atoms with Crippen molar-refractivity contribution in [1.29, 1.82) is 0 Å². The van der Waals surface area contributed by atoms with Crippen molar-refractivity contribution in [2.24, 2.45) is 17.6 Å². The maximum atomic E-state index is 11.0. The minimum atomic E-state index is -0.113. The molecule has 0 unspecified atom stereocenters. The van der Waals surface area contributed by atoms with Crippen LogP contribution >= 0.6 is 0 Å². The first-order valence-corrected chi connectivity index (χ1v) is 6.09. The predicted octanol–water partition coefficient (Wildman–Crippen LogP) is 2.52. The molecule has 1 aromatic carbocycles. The maximum absolute atomic E-state index is 11.0. The molecule has 1 aliphatic carbocycles. The van der Waals surface area contributed by atoms with E-state index < -0.39 is 0 Å². The van der Waals surface area contributed by atoms with E-state index in [1.807, 2.05) is 6.07 Å². The van der Waals surface area contributed by atoms with Crippen molar-refractivity contribution in [3.8, 4) is 0 Å². The van der Waals surface area contributed by atoms with Crippen LogP contribution in [-0.4, -0.2) is 5.91 Å². The number of carbonyl (C=O) groups excluding carboxylic acids is 1. The van der Waals surface area contributed by atoms with E-state index in [0.717, 1.165) is 38.0 Å². The normalized spacial score (nSPS) is 25.2. The van der Waals surface area contributed by atoms with Crippen LogP contribution in [0.1, 0.15) is 31.2 Å². The Balaban J connectivity index is 1.84. The molecule has 86 valence electrons. The van der Waals surface area contributed by atoms with Gasteiger partial charge in [-0.25, -0.2) is 0 Å². The smallest absolute Gasteiger partial charge is 0.220 e. The first-order chi connectivity index (χ1) is 7.75. The molecule has 2 N–H and O–H groups in total. The van der Waals surface area contributed by atoms with Gasteiger partial charge in [-0.3, -0.25) is 4.79 Å². The van der Waals surface area contributed by atoms with Gasteiger partial charge in [0.1, 0.15) is 0 Å². The summed E-state index contributed by atoms with van der Waals surface area (Å²) in [5, 5.41) is 0. The molecule has 0 heterocycles. The lowest BCUT2D eigenvalue weighted by Crippen LogP contribution is -2.28. The van der Waals surface area contributed by atoms with Gasteiger partial charge in [0.15, 0.2) is 0 Å². The molecule has 0 spiro atoms. The number of hydrogen-bond acceptors (Lipinski definition) is 1. The zero-order valence-corrected chi connectivity index (χ0v) is 9.56. The molecule has 1 fully saturated rings. The van der Waals surface area contributed by atoms with E-state index in [-0.39, 0.29) is 11.8 Å². The number of amides is 1. The van der Waals surface area contributed by atoms with Crippen molar-refractivity contribution in [1.82, 2.24) is 0 Å². The molecular formula is C14H19NO. The van der Waals surface area contributed by atoms with Gasteiger partial charge in [0.05, 0.1) is 0 Å². The molecule has 0 radical (unpaired) electrons. The molecular weight excluding hydrogens is 198 g/mol. The van der Waals surface area contributed by atoms with Gasteiger partial charge in [-0.2, -0.15) is 0 Å². The summed E-state index contributed by atoms with van der Waals surface area (Å²) < 4.78 is 0. The lowest BCUT2D eigenvalue weighted by molar-refractivity contribution is -0.122. The highest BCUT2D eigenvalue weighted by Crippen LogP contribution is 2.30. The van der Waals surface area contributed by atoms with Gasteiger partial charge in [0.25, 0.3) is 0 Å². The summed E-state index contributed by atoms with van der Waals surface area (Å²) in [7, 11) is 0. The summed E-state index contributed by atoms with van der Waals surface area (Å²) in [4.78, 5) is 11.0. The van der Waals surface area contributed by atoms with E-state index in [0.29, 0.717) is 0 Å². The van der Waals surface area contributed by atoms with Crippen LogP contribution in [0.3, 0.4) is 0 Å². The molecule has 0 atom stereocenters. The van der Waals surface area contributed by atoms with Crippen LogP contribution < -0.4 is 5.73 Å². The number of benzene rings is 1. The van der Waals surface area contributed by atoms with E-state index >= 15 is 0 Å². The van der Waals surface area contributed by atoms with Crippen LogP contribution in [0.15, 0.2) is 30.3 Å². The molecule has 1 aliphatic rings. The van der Waals surface area contributed by atoms with E-state index in [4.69, 9.17) is 5.73 Å². The second kappa shape index (κ2) is 5.15. The Morgan fingerprint density at radius 1 is 1.12 bits per heavy atom. The largest absolute Gasteiger partial charge is 0.369 e. The van der Waals surface area contributed by atoms with Gasteiger partial charge in [-0.1, -0.05) is 30.3 Å². The highest BCUT2D eigenvalue weighted by Gasteiger charge is 2.24. The topological polar surface area (TPSA) is 43.1 Å². The second-order valence-electron chi connectivity index (χ2n) is 4.81. The third-order valence-electron chi connectivity index (χ3n) is 3.62. The lowest BCUT2D eigenvalue weighted by Gasteiger charge is -2.26. The molecule has 0 aromatic heterocycles. The number of nitrogens with two attached hydrogens (primary N) is 1. The van der Waals surface area contributed by atoms with E-state index in [9.17, 15) is 4.79 Å². The van der Waals surface area contributed by atoms with Gasteiger partial charge in [0.2, 0.25) is 5.91 Å². The molecule has 2 heteroatoms. The summed E-state index contributed by atoms with van der Waals surface area (Å²) in [6.07, 6.45) is 5.39. The molecule has 0 saturated heterocycles. The predicted molar refractivity (Wildman–Crippen MR) is 64.8 cm³/mol. The number of carbonyl (C=O) groups is 1. The zero-order valence-electron chi connectivity index (χ0n) is 9.56. The van der Waals surface area contributed by atoms with Crippen molar-refractivity contribution in [2.75, 3.05) is 0 Å². The molecule has 0 aliphatic heterocycles. The van der Waals surface area contributed by atoms with Crippen LogP contribution in [0.2, 0.25) is 0 Å². The van der Waals surface area contributed by atoms with E-state index in [1.165, 1.54) is 5.56 Å². The second-order valence-corrected chi connectivity index (χ2v) is 4.81. The molecule has 0 bridgehead atoms. The Bertz CT molecular complexity index is 339. The molecule has 16 heavy (non-hydrogen) atoms. The van der Waals surface area contributed by atoms with E-state index in [2.05, 4.69) is 24.3 Å². The minimum Gasteiger partial charge on any atom is -0.369 e. The van der Waals surface area contributed by atoms with Gasteiger partial charge < -0.3 is 5.73 Å². The van der Waals surface area contributed by atoms with Crippen molar-refractivity contribution in [2.45, 2.75) is 32.1 Å². The third kappa shape index (κ3) is 2.84. The van der Waals surface area contributed by atoms with E-state index in [1.54, 1.807) is 0 Å². The highest BCUT2D eigenvalue weighted by molar-refractivity contribution is 5.76. The molecule has 2 nitrogen and oxygen atoms in total. The van der Waals surface area contributed by atoms with Gasteiger partial charge in [0, 0.05) is 5.92 Å². The fourth-order valence-corrected chi connectivity index (χ4v) is 2.60. The number of hydrogen-bond donors (Lipinski definition) is 1. The quantitative estimate of drug-likeness (QED) is 0.830. The van der Waals surface area contributed by atoms with Crippen LogP contribution in [-0.2, 0) is 11.2 Å². The first kappa shape index (κ1) is 11.2. The summed E-state index contributed by atoms with van der Waals surface area (Å²) >= 11 is 0. The Hall–Kier alpha value is -1.31. The molecule has 1 aromatic rings. The fourth-order valence-electron chi connectivity index (χ4n) is 2.60. The third-order valence-corrected chi connectivity index (χ3v) is 3.62. The van der Waals surface area contributed by atoms with Crippen LogP contribution in [0.25, 0.3) is 0 Å². The molecule has 1 amide bonds. The summed E-state index contributed by atoms with van der Waals surface area (Å²) in [5.41, 5.74) is 6.73. The Labute approximate surface area is 96.8 Å². The van der Waals surface area contributed by atoms with Crippen molar-refractivity contribution in [3.63, 3.8) is 0 Å². The number of rotatable bonds is 3. The maximum Gasteiger partial charge on any atom is 0.220 e. The van der Waals surface area contributed by atoms with Crippen molar-refractivity contribution < 1.29 is 4.79 Å². The number of primary amides is 1. The molecule has 1 saturated carbocycles. The van der Waals surface area contributed by atoms with Gasteiger partial charge >= 0.3 is 0 Å². The fraction of sp³-hybridized carbons (Fsp3) is 0.500. The average Bonchev–Trinajstić information content (AvgIpc) is 2.31. The summed E-state index contributed by atoms with van der Waals surface area (Å²) in [6.45, 7) is 0. The van der Waals surface area contributed by atoms with Crippen LogP contribution in [0.5, 0.6) is 0 Å². The minimum absolute atomic E-state index is 0.113. The summed E-state index contributed by atoms with van der Waals surface area (Å²) in [5.74, 6) is 0.753. The Morgan fingerprint density at radius 2 is 1.75 bits per heavy atom. The zero-order chi connectivity index (χ0) is 11.4. The lowest BCUT2D eigenvalue weighted by atomic mass is 9.79. The SMILES string of the molecule is NC(=O)C1CCC(Cc2ccccc2)CC1. The average molecular weight is 217 g/mol. The van der Waals surface area contributed by atoms with Crippen molar-refractivity contribution in [3.05, 3.63) is 35.9 Å². The van der Waals surface area contributed by atoms with Crippen LogP contribution in [0.4, 0.5) is 0 Å². The van der Waals surface area contributed by atoms with Gasteiger partial charge in [-0.15, -0.1) is 0 Å². The monoisotopic (exact) mass is 217 g/mol. The first-order valence-electron chi connectivity index (χ1n) is 6.09. The summed E-state index contributed by atoms with van der Waals surface area (Å²) in [6, 6.07) is 10.6. The van der Waals surface area contributed by atoms with Gasteiger partial charge in [-0.05, 0) is 43.6 Å². The molecule has 2 rings (SSSR count). The Kier molecular flexibility index (Phi) is 3.60. The highest BCUT2D eigenvalue weighted by atomic mass is 16.1. The van der Waals surface area contributed by atoms with Crippen molar-refractivity contribution >= 4 is 5.91 Å².